The number of nitriles is 1. The fourth-order valence-corrected chi connectivity index (χ4v) is 4.71. The van der Waals surface area contributed by atoms with Crippen molar-refractivity contribution >= 4 is 46.1 Å². The van der Waals surface area contributed by atoms with E-state index in [4.69, 9.17) is 11.6 Å². The Morgan fingerprint density at radius 2 is 1.55 bits per heavy atom. The van der Waals surface area contributed by atoms with Crippen LogP contribution in [-0.4, -0.2) is 34.6 Å². The molecule has 5 rings (SSSR count). The number of nitrogens with zero attached hydrogens (tertiary/aromatic N) is 3. The summed E-state index contributed by atoms with van der Waals surface area (Å²) in [4.78, 5) is 46.5. The maximum absolute atomic E-state index is 13.6. The van der Waals surface area contributed by atoms with Crippen molar-refractivity contribution < 1.29 is 19.5 Å². The predicted molar refractivity (Wildman–Crippen MR) is 168 cm³/mol. The van der Waals surface area contributed by atoms with Crippen molar-refractivity contribution in [2.75, 3.05) is 17.3 Å². The van der Waals surface area contributed by atoms with Gasteiger partial charge < -0.3 is 15.3 Å². The summed E-state index contributed by atoms with van der Waals surface area (Å²) in [5.41, 5.74) is 2.52. The molecule has 4 aromatic carbocycles. The second kappa shape index (κ2) is 13.1. The van der Waals surface area contributed by atoms with E-state index in [0.29, 0.717) is 10.6 Å². The van der Waals surface area contributed by atoms with E-state index in [9.17, 15) is 24.8 Å². The molecule has 0 aliphatic rings. The lowest BCUT2D eigenvalue weighted by atomic mass is 9.95. The molecule has 0 aliphatic carbocycles. The van der Waals surface area contributed by atoms with E-state index >= 15 is 0 Å². The monoisotopic (exact) mass is 600 g/mol. The molecule has 0 saturated heterocycles. The maximum Gasteiger partial charge on any atom is 0.257 e. The molecule has 216 valence electrons. The highest BCUT2D eigenvalue weighted by Crippen LogP contribution is 2.28. The van der Waals surface area contributed by atoms with Crippen LogP contribution in [-0.2, 0) is 0 Å². The number of rotatable bonds is 9. The largest absolute Gasteiger partial charge is 0.380 e. The van der Waals surface area contributed by atoms with Crippen LogP contribution in [0.4, 0.5) is 17.1 Å². The van der Waals surface area contributed by atoms with Crippen molar-refractivity contribution in [3.8, 4) is 6.07 Å². The molecule has 1 unspecified atom stereocenters. The Morgan fingerprint density at radius 1 is 0.864 bits per heavy atom. The van der Waals surface area contributed by atoms with Crippen molar-refractivity contribution in [3.05, 3.63) is 154 Å². The first-order valence-corrected chi connectivity index (χ1v) is 13.9. The van der Waals surface area contributed by atoms with Gasteiger partial charge in [0.2, 0.25) is 5.78 Å². The Kier molecular flexibility index (Phi) is 8.91. The number of aromatic nitrogens is 1. The van der Waals surface area contributed by atoms with Crippen LogP contribution in [0.15, 0.2) is 115 Å². The number of hydrogen-bond acceptors (Lipinski definition) is 7. The van der Waals surface area contributed by atoms with E-state index in [2.05, 4.69) is 10.3 Å². The topological polar surface area (TPSA) is 123 Å². The van der Waals surface area contributed by atoms with E-state index in [-0.39, 0.29) is 33.6 Å². The highest BCUT2D eigenvalue weighted by Gasteiger charge is 2.25. The number of carbonyl (C=O) groups excluding carboxylic acids is 3. The number of pyridine rings is 1. The third-order valence-corrected chi connectivity index (χ3v) is 7.28. The molecular weight excluding hydrogens is 576 g/mol. The fraction of sp³-hybridized carbons (Fsp3) is 0.0571. The van der Waals surface area contributed by atoms with Gasteiger partial charge in [0.1, 0.15) is 11.8 Å². The van der Waals surface area contributed by atoms with Crippen molar-refractivity contribution in [3.63, 3.8) is 0 Å². The number of aliphatic hydroxyl groups excluding tert-OH is 1. The van der Waals surface area contributed by atoms with Gasteiger partial charge in [-0.2, -0.15) is 5.26 Å². The molecule has 1 aromatic heterocycles. The number of carbonyl (C=O) groups is 3. The van der Waals surface area contributed by atoms with Gasteiger partial charge in [0.15, 0.2) is 5.78 Å². The number of amides is 1. The molecule has 1 amide bonds. The van der Waals surface area contributed by atoms with Crippen LogP contribution < -0.4 is 10.2 Å². The van der Waals surface area contributed by atoms with Crippen LogP contribution in [0.1, 0.15) is 54.0 Å². The molecule has 2 N–H and O–H groups in total. The number of ketones is 2. The van der Waals surface area contributed by atoms with Crippen LogP contribution >= 0.6 is 11.6 Å². The number of hydrogen-bond donors (Lipinski definition) is 2. The summed E-state index contributed by atoms with van der Waals surface area (Å²) < 4.78 is 0. The van der Waals surface area contributed by atoms with Crippen molar-refractivity contribution in [2.24, 2.45) is 0 Å². The smallest absolute Gasteiger partial charge is 0.257 e. The normalized spacial score (nSPS) is 11.2. The molecule has 1 atom stereocenters. The molecule has 9 heteroatoms. The minimum absolute atomic E-state index is 0.0749. The van der Waals surface area contributed by atoms with Gasteiger partial charge in [0.25, 0.3) is 5.91 Å². The molecule has 0 spiro atoms. The van der Waals surface area contributed by atoms with Gasteiger partial charge in [-0.15, -0.1) is 0 Å². The van der Waals surface area contributed by atoms with E-state index in [1.165, 1.54) is 30.3 Å². The summed E-state index contributed by atoms with van der Waals surface area (Å²) in [5.74, 6) is -1.80. The summed E-state index contributed by atoms with van der Waals surface area (Å²) >= 11 is 5.99. The molecule has 0 aliphatic heterocycles. The molecular formula is C35H25ClN4O4. The summed E-state index contributed by atoms with van der Waals surface area (Å²) in [7, 11) is 1.86. The van der Waals surface area contributed by atoms with Gasteiger partial charge in [0, 0.05) is 28.9 Å². The summed E-state index contributed by atoms with van der Waals surface area (Å²) in [6, 6.07) is 31.4. The molecule has 0 fully saturated rings. The van der Waals surface area contributed by atoms with Crippen LogP contribution in [0, 0.1) is 11.3 Å². The van der Waals surface area contributed by atoms with Crippen LogP contribution in [0.5, 0.6) is 0 Å². The molecule has 8 nitrogen and oxygen atoms in total. The number of anilines is 3. The highest BCUT2D eigenvalue weighted by atomic mass is 35.5. The highest BCUT2D eigenvalue weighted by molar-refractivity contribution is 6.30. The summed E-state index contributed by atoms with van der Waals surface area (Å²) in [5, 5.41) is 23.6. The fourth-order valence-electron chi connectivity index (χ4n) is 4.58. The van der Waals surface area contributed by atoms with Gasteiger partial charge in [-0.3, -0.25) is 19.4 Å². The lowest BCUT2D eigenvalue weighted by Gasteiger charge is -2.19. The molecule has 0 bridgehead atoms. The van der Waals surface area contributed by atoms with Gasteiger partial charge in [-0.05, 0) is 72.3 Å². The number of halogens is 1. The van der Waals surface area contributed by atoms with E-state index in [1.54, 1.807) is 72.9 Å². The number of nitrogens with one attached hydrogen (secondary N) is 1. The van der Waals surface area contributed by atoms with Gasteiger partial charge in [-0.25, -0.2) is 0 Å². The molecule has 5 aromatic rings. The zero-order valence-corrected chi connectivity index (χ0v) is 24.2. The number of benzene rings is 4. The molecule has 44 heavy (non-hydrogen) atoms. The second-order valence-electron chi connectivity index (χ2n) is 9.82. The van der Waals surface area contributed by atoms with Gasteiger partial charge in [-0.1, -0.05) is 54.1 Å². The number of Topliss-reactive ketones (excluding diaryl/α,β-unsaturated/α-hetero) is 1. The lowest BCUT2D eigenvalue weighted by Crippen LogP contribution is -2.19. The van der Waals surface area contributed by atoms with Crippen LogP contribution in [0.25, 0.3) is 0 Å². The predicted octanol–water partition coefficient (Wildman–Crippen LogP) is 6.77. The Morgan fingerprint density at radius 3 is 2.23 bits per heavy atom. The average Bonchev–Trinajstić information content (AvgIpc) is 3.08. The van der Waals surface area contributed by atoms with Crippen LogP contribution in [0.2, 0.25) is 5.02 Å². The maximum atomic E-state index is 13.6. The minimum Gasteiger partial charge on any atom is -0.380 e. The molecule has 0 radical (unpaired) electrons. The van der Waals surface area contributed by atoms with Crippen molar-refractivity contribution in [1.29, 1.82) is 5.26 Å². The molecule has 1 heterocycles. The Balaban J connectivity index is 1.47. The zero-order valence-electron chi connectivity index (χ0n) is 23.4. The van der Waals surface area contributed by atoms with E-state index < -0.39 is 23.6 Å². The quantitative estimate of drug-likeness (QED) is 0.179. The first-order chi connectivity index (χ1) is 21.3. The summed E-state index contributed by atoms with van der Waals surface area (Å²) in [6.07, 6.45) is 0.0123. The third-order valence-electron chi connectivity index (χ3n) is 7.03. The SMILES string of the molecule is CN(c1ccc(Cl)cc1)c1ccc(C(=O)c2ccc(NC(=O)c3ccccc3C#N)c(C(=O)C(O)c3ccccc3)c2)nc1. The first kappa shape index (κ1) is 29.9. The minimum atomic E-state index is -1.55. The zero-order chi connectivity index (χ0) is 31.2. The van der Waals surface area contributed by atoms with Gasteiger partial charge in [0.05, 0.1) is 34.8 Å². The van der Waals surface area contributed by atoms with E-state index in [0.717, 1.165) is 11.4 Å². The van der Waals surface area contributed by atoms with Gasteiger partial charge >= 0.3 is 0 Å². The average molecular weight is 601 g/mol. The summed E-state index contributed by atoms with van der Waals surface area (Å²) in [6.45, 7) is 0. The first-order valence-electron chi connectivity index (χ1n) is 13.5. The Hall–Kier alpha value is -5.62. The number of aliphatic hydroxyl groups is 1. The van der Waals surface area contributed by atoms with Crippen LogP contribution in [0.3, 0.4) is 0 Å². The van der Waals surface area contributed by atoms with Crippen molar-refractivity contribution in [2.45, 2.75) is 6.10 Å². The Labute approximate surface area is 258 Å². The molecule has 0 saturated carbocycles. The standard InChI is InChI=1S/C35H25ClN4O4/c1-40(26-14-12-25(36)13-15-26)27-16-18-31(38-21-27)32(41)23-11-17-30(39-35(44)28-10-6-5-9-24(28)20-37)29(19-23)34(43)33(42)22-7-3-2-4-8-22/h2-19,21,33,42H,1H3,(H,39,44). The Bertz CT molecular complexity index is 1890. The van der Waals surface area contributed by atoms with E-state index in [1.807, 2.05) is 30.1 Å². The van der Waals surface area contributed by atoms with Crippen molar-refractivity contribution in [1.82, 2.24) is 4.98 Å². The third kappa shape index (κ3) is 6.40. The second-order valence-corrected chi connectivity index (χ2v) is 10.3. The lowest BCUT2D eigenvalue weighted by molar-refractivity contribution is 0.0748.